The van der Waals surface area contributed by atoms with E-state index in [1.165, 1.54) is 5.57 Å². The molecule has 0 aromatic carbocycles. The van der Waals surface area contributed by atoms with Crippen molar-refractivity contribution in [2.75, 3.05) is 6.54 Å². The molecule has 0 bridgehead atoms. The molecule has 2 heterocycles. The molecule has 0 saturated heterocycles. The molecule has 0 radical (unpaired) electrons. The zero-order valence-electron chi connectivity index (χ0n) is 16.3. The number of hydrogen-bond donors (Lipinski definition) is 3. The van der Waals surface area contributed by atoms with Crippen molar-refractivity contribution in [3.05, 3.63) is 47.7 Å². The molecule has 4 aliphatic rings. The van der Waals surface area contributed by atoms with E-state index in [0.29, 0.717) is 31.6 Å². The highest BCUT2D eigenvalue weighted by Gasteiger charge is 2.34. The molecular formula is C22H26N4O3. The second-order valence-corrected chi connectivity index (χ2v) is 7.90. The minimum atomic E-state index is -0.387. The van der Waals surface area contributed by atoms with Gasteiger partial charge in [0.05, 0.1) is 24.6 Å². The van der Waals surface area contributed by atoms with Gasteiger partial charge < -0.3 is 15.7 Å². The van der Waals surface area contributed by atoms with Crippen LogP contribution in [-0.4, -0.2) is 47.7 Å². The number of amides is 2. The number of amidine groups is 1. The SMILES string of the molecule is O=C(NC1CN=CC=C1C1=CC=CCC1)C1C=CN=C(NC(=O)C2CC(O)C2)C1. The van der Waals surface area contributed by atoms with E-state index in [4.69, 9.17) is 0 Å². The number of aliphatic hydroxyl groups excluding tert-OH is 1. The summed E-state index contributed by atoms with van der Waals surface area (Å²) in [5.41, 5.74) is 2.35. The molecule has 152 valence electrons. The van der Waals surface area contributed by atoms with Crippen LogP contribution in [-0.2, 0) is 9.59 Å². The third-order valence-electron chi connectivity index (χ3n) is 5.77. The highest BCUT2D eigenvalue weighted by Crippen LogP contribution is 2.28. The molecule has 3 N–H and O–H groups in total. The first-order valence-electron chi connectivity index (χ1n) is 10.2. The maximum absolute atomic E-state index is 12.9. The summed E-state index contributed by atoms with van der Waals surface area (Å²) < 4.78 is 0. The van der Waals surface area contributed by atoms with E-state index < -0.39 is 0 Å². The Kier molecular flexibility index (Phi) is 5.85. The van der Waals surface area contributed by atoms with Crippen LogP contribution in [0.15, 0.2) is 57.7 Å². The number of carbonyl (C=O) groups excluding carboxylic acids is 2. The van der Waals surface area contributed by atoms with Gasteiger partial charge in [-0.05, 0) is 42.9 Å². The van der Waals surface area contributed by atoms with Gasteiger partial charge in [0.25, 0.3) is 0 Å². The first-order valence-corrected chi connectivity index (χ1v) is 10.2. The van der Waals surface area contributed by atoms with E-state index in [1.54, 1.807) is 18.5 Å². The Labute approximate surface area is 170 Å². The van der Waals surface area contributed by atoms with Gasteiger partial charge in [-0.15, -0.1) is 0 Å². The Morgan fingerprint density at radius 1 is 1.17 bits per heavy atom. The Bertz CT molecular complexity index is 859. The molecular weight excluding hydrogens is 368 g/mol. The Morgan fingerprint density at radius 3 is 2.79 bits per heavy atom. The molecule has 2 amide bonds. The van der Waals surface area contributed by atoms with Crippen molar-refractivity contribution in [3.63, 3.8) is 0 Å². The van der Waals surface area contributed by atoms with Crippen molar-refractivity contribution in [2.24, 2.45) is 21.8 Å². The fraction of sp³-hybridized carbons (Fsp3) is 0.455. The number of allylic oxidation sites excluding steroid dienone is 4. The minimum absolute atomic E-state index is 0.0954. The molecule has 2 aliphatic heterocycles. The maximum Gasteiger partial charge on any atom is 0.228 e. The largest absolute Gasteiger partial charge is 0.393 e. The lowest BCUT2D eigenvalue weighted by Gasteiger charge is -2.30. The van der Waals surface area contributed by atoms with Gasteiger partial charge in [0.1, 0.15) is 5.84 Å². The van der Waals surface area contributed by atoms with Crippen LogP contribution in [0.5, 0.6) is 0 Å². The van der Waals surface area contributed by atoms with E-state index >= 15 is 0 Å². The topological polar surface area (TPSA) is 103 Å². The quantitative estimate of drug-likeness (QED) is 0.674. The van der Waals surface area contributed by atoms with Gasteiger partial charge in [0, 0.05) is 24.8 Å². The lowest BCUT2D eigenvalue weighted by atomic mass is 9.82. The summed E-state index contributed by atoms with van der Waals surface area (Å²) in [6, 6.07) is -0.146. The molecule has 7 heteroatoms. The number of hydrogen-bond acceptors (Lipinski definition) is 5. The van der Waals surface area contributed by atoms with Crippen molar-refractivity contribution in [1.82, 2.24) is 10.6 Å². The zero-order chi connectivity index (χ0) is 20.2. The van der Waals surface area contributed by atoms with Crippen LogP contribution in [0.1, 0.15) is 32.1 Å². The van der Waals surface area contributed by atoms with Crippen molar-refractivity contribution >= 4 is 23.9 Å². The van der Waals surface area contributed by atoms with E-state index in [1.807, 2.05) is 6.08 Å². The highest BCUT2D eigenvalue weighted by molar-refractivity contribution is 6.02. The monoisotopic (exact) mass is 394 g/mol. The lowest BCUT2D eigenvalue weighted by molar-refractivity contribution is -0.130. The van der Waals surface area contributed by atoms with Gasteiger partial charge in [0.2, 0.25) is 11.8 Å². The van der Waals surface area contributed by atoms with Crippen molar-refractivity contribution in [1.29, 1.82) is 0 Å². The first-order chi connectivity index (χ1) is 14.1. The fourth-order valence-corrected chi connectivity index (χ4v) is 3.97. The third kappa shape index (κ3) is 4.62. The number of dihydropyridines is 1. The molecule has 2 atom stereocenters. The average Bonchev–Trinajstić information content (AvgIpc) is 2.72. The fourth-order valence-electron chi connectivity index (χ4n) is 3.97. The number of nitrogens with zero attached hydrogens (tertiary/aromatic N) is 2. The Morgan fingerprint density at radius 2 is 2.03 bits per heavy atom. The second kappa shape index (κ2) is 8.69. The van der Waals surface area contributed by atoms with Crippen LogP contribution in [0, 0.1) is 11.8 Å². The summed E-state index contributed by atoms with van der Waals surface area (Å²) in [5.74, 6) is -0.287. The predicted octanol–water partition coefficient (Wildman–Crippen LogP) is 1.58. The third-order valence-corrected chi connectivity index (χ3v) is 5.77. The summed E-state index contributed by atoms with van der Waals surface area (Å²) in [7, 11) is 0. The van der Waals surface area contributed by atoms with Crippen LogP contribution in [0.2, 0.25) is 0 Å². The predicted molar refractivity (Wildman–Crippen MR) is 111 cm³/mol. The Balaban J connectivity index is 1.34. The average molecular weight is 394 g/mol. The number of rotatable bonds is 4. The van der Waals surface area contributed by atoms with Crippen LogP contribution in [0.3, 0.4) is 0 Å². The second-order valence-electron chi connectivity index (χ2n) is 7.90. The molecule has 4 rings (SSSR count). The standard InChI is InChI=1S/C22H26N4O3/c27-17-10-16(11-17)22(29)26-20-12-15(6-9-24-20)21(28)25-19-13-23-8-7-18(19)14-4-2-1-3-5-14/h1-2,4,6-9,15-17,19,27H,3,5,10-13H2,(H,25,28)(H,24,26,29). The summed E-state index contributed by atoms with van der Waals surface area (Å²) in [4.78, 5) is 33.6. The van der Waals surface area contributed by atoms with Crippen molar-refractivity contribution in [3.8, 4) is 0 Å². The van der Waals surface area contributed by atoms with Crippen LogP contribution < -0.4 is 10.6 Å². The van der Waals surface area contributed by atoms with Gasteiger partial charge in [-0.1, -0.05) is 24.3 Å². The molecule has 0 aromatic heterocycles. The molecule has 0 spiro atoms. The zero-order valence-corrected chi connectivity index (χ0v) is 16.3. The smallest absolute Gasteiger partial charge is 0.228 e. The molecule has 0 aromatic rings. The van der Waals surface area contributed by atoms with Gasteiger partial charge in [-0.3, -0.25) is 14.6 Å². The number of aliphatic hydroxyl groups is 1. The summed E-state index contributed by atoms with van der Waals surface area (Å²) in [6.07, 6.45) is 16.3. The summed E-state index contributed by atoms with van der Waals surface area (Å²) in [5, 5.41) is 15.3. The van der Waals surface area contributed by atoms with Gasteiger partial charge in [0.15, 0.2) is 0 Å². The summed E-state index contributed by atoms with van der Waals surface area (Å²) in [6.45, 7) is 0.525. The van der Waals surface area contributed by atoms with Gasteiger partial charge in [-0.2, -0.15) is 0 Å². The van der Waals surface area contributed by atoms with Crippen molar-refractivity contribution < 1.29 is 14.7 Å². The number of nitrogens with one attached hydrogen (secondary N) is 2. The lowest BCUT2D eigenvalue weighted by Crippen LogP contribution is -2.46. The van der Waals surface area contributed by atoms with E-state index in [9.17, 15) is 14.7 Å². The van der Waals surface area contributed by atoms with Gasteiger partial charge >= 0.3 is 0 Å². The minimum Gasteiger partial charge on any atom is -0.393 e. The van der Waals surface area contributed by atoms with Crippen LogP contribution in [0.4, 0.5) is 0 Å². The number of carbonyl (C=O) groups is 2. The van der Waals surface area contributed by atoms with E-state index in [-0.39, 0.29) is 35.8 Å². The normalized spacial score (nSPS) is 30.6. The maximum atomic E-state index is 12.9. The van der Waals surface area contributed by atoms with E-state index in [0.717, 1.165) is 18.4 Å². The molecule has 7 nitrogen and oxygen atoms in total. The molecule has 1 saturated carbocycles. The summed E-state index contributed by atoms with van der Waals surface area (Å²) >= 11 is 0. The van der Waals surface area contributed by atoms with Gasteiger partial charge in [-0.25, -0.2) is 4.99 Å². The van der Waals surface area contributed by atoms with Crippen molar-refractivity contribution in [2.45, 2.75) is 44.2 Å². The Hall–Kier alpha value is -2.80. The first kappa shape index (κ1) is 19.5. The van der Waals surface area contributed by atoms with Crippen LogP contribution >= 0.6 is 0 Å². The molecule has 1 fully saturated rings. The number of aliphatic imine (C=N–C) groups is 2. The van der Waals surface area contributed by atoms with Crippen LogP contribution in [0.25, 0.3) is 0 Å². The van der Waals surface area contributed by atoms with E-state index in [2.05, 4.69) is 38.8 Å². The molecule has 29 heavy (non-hydrogen) atoms. The molecule has 2 aliphatic carbocycles. The highest BCUT2D eigenvalue weighted by atomic mass is 16.3. The molecule has 2 unspecified atom stereocenters.